The summed E-state index contributed by atoms with van der Waals surface area (Å²) in [6.07, 6.45) is 1.55. The van der Waals surface area contributed by atoms with Gasteiger partial charge in [-0.15, -0.1) is 5.10 Å². The molecule has 2 heterocycles. The van der Waals surface area contributed by atoms with E-state index in [4.69, 9.17) is 5.26 Å². The number of hydrogen-bond donors (Lipinski definition) is 1. The van der Waals surface area contributed by atoms with Crippen LogP contribution in [0.3, 0.4) is 0 Å². The van der Waals surface area contributed by atoms with Crippen molar-refractivity contribution in [3.63, 3.8) is 0 Å². The Morgan fingerprint density at radius 3 is 3.06 bits per heavy atom. The number of nitrogens with one attached hydrogen (secondary N) is 1. The Balaban J connectivity index is 2.27. The molecule has 2 rings (SSSR count). The molecule has 5 nitrogen and oxygen atoms in total. The van der Waals surface area contributed by atoms with E-state index in [9.17, 15) is 0 Å². The highest BCUT2D eigenvalue weighted by atomic mass is 15.3. The van der Waals surface area contributed by atoms with Crippen LogP contribution in [-0.2, 0) is 0 Å². The van der Waals surface area contributed by atoms with Crippen molar-refractivity contribution in [3.05, 3.63) is 17.8 Å². The quantitative estimate of drug-likeness (QED) is 0.743. The van der Waals surface area contributed by atoms with Crippen molar-refractivity contribution in [2.75, 3.05) is 24.5 Å². The molecule has 0 amide bonds. The van der Waals surface area contributed by atoms with Crippen molar-refractivity contribution < 1.29 is 0 Å². The normalized spacial score (nSPS) is 19.2. The molecule has 1 saturated heterocycles. The molecule has 1 fully saturated rings. The van der Waals surface area contributed by atoms with Crippen molar-refractivity contribution in [3.8, 4) is 6.07 Å². The van der Waals surface area contributed by atoms with Crippen LogP contribution in [0.2, 0.25) is 0 Å². The molecule has 1 aromatic rings. The number of anilines is 1. The molecular weight excluding hydrogens is 202 g/mol. The summed E-state index contributed by atoms with van der Waals surface area (Å²) in [7, 11) is 0. The highest BCUT2D eigenvalue weighted by Gasteiger charge is 2.27. The average molecular weight is 217 g/mol. The van der Waals surface area contributed by atoms with E-state index in [0.717, 1.165) is 19.6 Å². The minimum Gasteiger partial charge on any atom is -0.351 e. The second-order valence-corrected chi connectivity index (χ2v) is 4.61. The topological polar surface area (TPSA) is 64.8 Å². The van der Waals surface area contributed by atoms with Gasteiger partial charge in [0.25, 0.3) is 0 Å². The maximum atomic E-state index is 9.02. The Hall–Kier alpha value is -1.67. The predicted molar refractivity (Wildman–Crippen MR) is 61.0 cm³/mol. The fourth-order valence-electron chi connectivity index (χ4n) is 1.97. The molecule has 0 aliphatic carbocycles. The Morgan fingerprint density at radius 1 is 1.56 bits per heavy atom. The van der Waals surface area contributed by atoms with E-state index in [2.05, 4.69) is 40.3 Å². The van der Waals surface area contributed by atoms with Gasteiger partial charge in [0.2, 0.25) is 0 Å². The molecule has 16 heavy (non-hydrogen) atoms. The van der Waals surface area contributed by atoms with Gasteiger partial charge in [0.05, 0.1) is 11.8 Å². The standard InChI is InChI=1S/C11H15N5/c1-11(2)8-16(6-5-13-11)10-9(7-12)3-4-14-15-10/h3-4,13H,5-6,8H2,1-2H3. The van der Waals surface area contributed by atoms with Crippen molar-refractivity contribution in [1.82, 2.24) is 15.5 Å². The van der Waals surface area contributed by atoms with Gasteiger partial charge < -0.3 is 10.2 Å². The second-order valence-electron chi connectivity index (χ2n) is 4.61. The smallest absolute Gasteiger partial charge is 0.169 e. The second kappa shape index (κ2) is 4.06. The summed E-state index contributed by atoms with van der Waals surface area (Å²) in [5.74, 6) is 0.694. The van der Waals surface area contributed by atoms with Crippen LogP contribution in [-0.4, -0.2) is 35.4 Å². The zero-order chi connectivity index (χ0) is 11.6. The van der Waals surface area contributed by atoms with Crippen LogP contribution in [0.1, 0.15) is 19.4 Å². The average Bonchev–Trinajstić information content (AvgIpc) is 2.27. The molecule has 0 spiro atoms. The summed E-state index contributed by atoms with van der Waals surface area (Å²) < 4.78 is 0. The van der Waals surface area contributed by atoms with Gasteiger partial charge in [-0.1, -0.05) is 0 Å². The van der Waals surface area contributed by atoms with E-state index in [-0.39, 0.29) is 5.54 Å². The lowest BCUT2D eigenvalue weighted by atomic mass is 10.0. The molecule has 5 heteroatoms. The predicted octanol–water partition coefficient (Wildman–Crippen LogP) is 0.536. The van der Waals surface area contributed by atoms with E-state index in [1.807, 2.05) is 0 Å². The largest absolute Gasteiger partial charge is 0.351 e. The highest BCUT2D eigenvalue weighted by Crippen LogP contribution is 2.20. The van der Waals surface area contributed by atoms with E-state index >= 15 is 0 Å². The first kappa shape index (κ1) is 10.8. The summed E-state index contributed by atoms with van der Waals surface area (Å²) in [6, 6.07) is 3.86. The number of rotatable bonds is 1. The Morgan fingerprint density at radius 2 is 2.38 bits per heavy atom. The number of piperazine rings is 1. The molecule has 0 radical (unpaired) electrons. The maximum absolute atomic E-state index is 9.02. The molecule has 0 bridgehead atoms. The first-order chi connectivity index (χ1) is 7.62. The monoisotopic (exact) mass is 217 g/mol. The zero-order valence-electron chi connectivity index (χ0n) is 9.56. The van der Waals surface area contributed by atoms with Crippen LogP contribution in [0.15, 0.2) is 12.3 Å². The van der Waals surface area contributed by atoms with Crippen molar-refractivity contribution >= 4 is 5.82 Å². The lowest BCUT2D eigenvalue weighted by molar-refractivity contribution is 0.351. The van der Waals surface area contributed by atoms with Gasteiger partial charge in [-0.25, -0.2) is 0 Å². The van der Waals surface area contributed by atoms with Crippen molar-refractivity contribution in [1.29, 1.82) is 5.26 Å². The van der Waals surface area contributed by atoms with Crippen LogP contribution in [0.4, 0.5) is 5.82 Å². The molecule has 1 aliphatic rings. The number of hydrogen-bond acceptors (Lipinski definition) is 5. The Labute approximate surface area is 95.1 Å². The molecule has 0 atom stereocenters. The lowest BCUT2D eigenvalue weighted by Gasteiger charge is -2.39. The Kier molecular flexibility index (Phi) is 2.75. The minimum atomic E-state index is 0.0441. The van der Waals surface area contributed by atoms with Gasteiger partial charge in [-0.2, -0.15) is 10.4 Å². The van der Waals surface area contributed by atoms with E-state index in [0.29, 0.717) is 11.4 Å². The summed E-state index contributed by atoms with van der Waals surface area (Å²) in [6.45, 7) is 6.87. The summed E-state index contributed by atoms with van der Waals surface area (Å²) in [4.78, 5) is 2.11. The van der Waals surface area contributed by atoms with Crippen LogP contribution < -0.4 is 10.2 Å². The summed E-state index contributed by atoms with van der Waals surface area (Å²) in [5.41, 5.74) is 0.635. The van der Waals surface area contributed by atoms with Crippen LogP contribution >= 0.6 is 0 Å². The van der Waals surface area contributed by atoms with Gasteiger partial charge in [0.1, 0.15) is 6.07 Å². The first-order valence-electron chi connectivity index (χ1n) is 5.34. The summed E-state index contributed by atoms with van der Waals surface area (Å²) in [5, 5.41) is 20.4. The molecule has 1 aromatic heterocycles. The maximum Gasteiger partial charge on any atom is 0.169 e. The van der Waals surface area contributed by atoms with E-state index in [1.54, 1.807) is 12.3 Å². The molecule has 1 aliphatic heterocycles. The third kappa shape index (κ3) is 2.12. The van der Waals surface area contributed by atoms with E-state index < -0.39 is 0 Å². The third-order valence-electron chi connectivity index (χ3n) is 2.69. The van der Waals surface area contributed by atoms with E-state index in [1.165, 1.54) is 0 Å². The molecule has 1 N–H and O–H groups in total. The fourth-order valence-corrected chi connectivity index (χ4v) is 1.97. The van der Waals surface area contributed by atoms with Gasteiger partial charge in [0, 0.05) is 25.2 Å². The number of nitrogens with zero attached hydrogens (tertiary/aromatic N) is 4. The third-order valence-corrected chi connectivity index (χ3v) is 2.69. The van der Waals surface area contributed by atoms with Gasteiger partial charge in [-0.3, -0.25) is 0 Å². The highest BCUT2D eigenvalue weighted by molar-refractivity contribution is 5.53. The number of nitriles is 1. The lowest BCUT2D eigenvalue weighted by Crippen LogP contribution is -2.57. The molecule has 0 unspecified atom stereocenters. The van der Waals surface area contributed by atoms with Gasteiger partial charge in [0.15, 0.2) is 5.82 Å². The van der Waals surface area contributed by atoms with Crippen molar-refractivity contribution in [2.24, 2.45) is 0 Å². The minimum absolute atomic E-state index is 0.0441. The molecular formula is C11H15N5. The van der Waals surface area contributed by atoms with Gasteiger partial charge in [-0.05, 0) is 19.9 Å². The van der Waals surface area contributed by atoms with Crippen molar-refractivity contribution in [2.45, 2.75) is 19.4 Å². The summed E-state index contributed by atoms with van der Waals surface area (Å²) >= 11 is 0. The van der Waals surface area contributed by atoms with Crippen LogP contribution in [0.5, 0.6) is 0 Å². The Bertz CT molecular complexity index is 421. The molecule has 84 valence electrons. The molecule has 0 aromatic carbocycles. The first-order valence-corrected chi connectivity index (χ1v) is 5.34. The fraction of sp³-hybridized carbons (Fsp3) is 0.545. The SMILES string of the molecule is CC1(C)CN(c2nnccc2C#N)CCN1. The zero-order valence-corrected chi connectivity index (χ0v) is 9.56. The van der Waals surface area contributed by atoms with Crippen LogP contribution in [0.25, 0.3) is 0 Å². The van der Waals surface area contributed by atoms with Crippen LogP contribution in [0, 0.1) is 11.3 Å². The number of aromatic nitrogens is 2. The van der Waals surface area contributed by atoms with Gasteiger partial charge >= 0.3 is 0 Å². The molecule has 0 saturated carbocycles.